The van der Waals surface area contributed by atoms with E-state index in [4.69, 9.17) is 0 Å². The summed E-state index contributed by atoms with van der Waals surface area (Å²) in [5, 5.41) is 10.3. The number of amides is 1. The van der Waals surface area contributed by atoms with Crippen LogP contribution < -0.4 is 10.9 Å². The van der Waals surface area contributed by atoms with E-state index in [2.05, 4.69) is 20.4 Å². The molecule has 10 heteroatoms. The van der Waals surface area contributed by atoms with Gasteiger partial charge >= 0.3 is 0 Å². The van der Waals surface area contributed by atoms with Gasteiger partial charge in [-0.25, -0.2) is 14.6 Å². The third kappa shape index (κ3) is 4.12. The lowest BCUT2D eigenvalue weighted by Gasteiger charge is -2.08. The molecule has 0 bridgehead atoms. The number of thiazole rings is 2. The number of aryl methyl sites for hydroxylation is 1. The van der Waals surface area contributed by atoms with E-state index < -0.39 is 0 Å². The first-order valence-corrected chi connectivity index (χ1v) is 12.4. The second-order valence-electron chi connectivity index (χ2n) is 6.98. The number of nitrogens with one attached hydrogen (secondary N) is 1. The average Bonchev–Trinajstić information content (AvgIpc) is 3.55. The Morgan fingerprint density at radius 1 is 1.16 bits per heavy atom. The number of thiophene rings is 1. The van der Waals surface area contributed by atoms with Gasteiger partial charge in [-0.3, -0.25) is 9.59 Å². The first kappa shape index (κ1) is 20.7. The van der Waals surface area contributed by atoms with Crippen molar-refractivity contribution in [3.05, 3.63) is 75.0 Å². The van der Waals surface area contributed by atoms with E-state index in [0.717, 1.165) is 30.7 Å². The van der Waals surface area contributed by atoms with Crippen LogP contribution in [0.25, 0.3) is 30.7 Å². The maximum Gasteiger partial charge on any atom is 0.266 e. The topological polar surface area (TPSA) is 89.8 Å². The van der Waals surface area contributed by atoms with Gasteiger partial charge in [-0.1, -0.05) is 6.07 Å². The van der Waals surface area contributed by atoms with E-state index in [1.54, 1.807) is 40.3 Å². The third-order valence-electron chi connectivity index (χ3n) is 4.83. The second-order valence-corrected chi connectivity index (χ2v) is 9.81. The standard InChI is InChI=1S/C22H17N5O2S3/c1-13-20(32-22(25-13)17-3-2-10-30-17)16-6-7-19(28)27(26-16)9-8-23-21(29)14-4-5-15-18(11-14)31-12-24-15/h2-7,10-12H,8-9H2,1H3,(H,23,29). The fraction of sp³-hybridized carbons (Fsp3) is 0.136. The number of fused-ring (bicyclic) bond motifs is 1. The SMILES string of the molecule is Cc1nc(-c2cccs2)sc1-c1ccc(=O)n(CCNC(=O)c2ccc3ncsc3c2)n1. The van der Waals surface area contributed by atoms with E-state index in [9.17, 15) is 9.59 Å². The quantitative estimate of drug-likeness (QED) is 0.389. The zero-order valence-electron chi connectivity index (χ0n) is 16.9. The fourth-order valence-corrected chi connectivity index (χ4v) is 5.79. The zero-order valence-corrected chi connectivity index (χ0v) is 19.4. The molecule has 0 atom stereocenters. The molecule has 0 unspecified atom stereocenters. The number of aromatic nitrogens is 4. The average molecular weight is 480 g/mol. The Balaban J connectivity index is 1.30. The first-order chi connectivity index (χ1) is 15.6. The van der Waals surface area contributed by atoms with Crippen LogP contribution in [0.4, 0.5) is 0 Å². The predicted octanol–water partition coefficient (Wildman–Crippen LogP) is 4.44. The van der Waals surface area contributed by atoms with Crippen LogP contribution >= 0.6 is 34.0 Å². The minimum absolute atomic E-state index is 0.191. The molecule has 1 amide bonds. The van der Waals surface area contributed by atoms with Crippen LogP contribution in [0.5, 0.6) is 0 Å². The van der Waals surface area contributed by atoms with Gasteiger partial charge in [0.15, 0.2) is 0 Å². The maximum absolute atomic E-state index is 12.5. The minimum Gasteiger partial charge on any atom is -0.350 e. The summed E-state index contributed by atoms with van der Waals surface area (Å²) >= 11 is 4.69. The van der Waals surface area contributed by atoms with Crippen LogP contribution in [0, 0.1) is 6.92 Å². The molecule has 1 N–H and O–H groups in total. The van der Waals surface area contributed by atoms with Gasteiger partial charge in [0, 0.05) is 18.2 Å². The highest BCUT2D eigenvalue weighted by atomic mass is 32.1. The van der Waals surface area contributed by atoms with Crippen molar-refractivity contribution in [1.29, 1.82) is 0 Å². The predicted molar refractivity (Wildman–Crippen MR) is 130 cm³/mol. The Morgan fingerprint density at radius 2 is 2.06 bits per heavy atom. The van der Waals surface area contributed by atoms with Crippen LogP contribution in [0.2, 0.25) is 0 Å². The number of benzene rings is 1. The molecule has 0 aliphatic heterocycles. The van der Waals surface area contributed by atoms with E-state index >= 15 is 0 Å². The monoisotopic (exact) mass is 479 g/mol. The molecule has 0 saturated heterocycles. The zero-order chi connectivity index (χ0) is 22.1. The molecule has 1 aromatic carbocycles. The van der Waals surface area contributed by atoms with Crippen molar-refractivity contribution in [1.82, 2.24) is 25.1 Å². The summed E-state index contributed by atoms with van der Waals surface area (Å²) in [4.78, 5) is 35.7. The molecular weight excluding hydrogens is 462 g/mol. The Labute approximate surface area is 195 Å². The van der Waals surface area contributed by atoms with Crippen molar-refractivity contribution in [2.24, 2.45) is 0 Å². The number of hydrogen-bond acceptors (Lipinski definition) is 8. The molecule has 160 valence electrons. The van der Waals surface area contributed by atoms with Gasteiger partial charge in [0.2, 0.25) is 0 Å². The van der Waals surface area contributed by atoms with Gasteiger partial charge < -0.3 is 5.32 Å². The Hall–Kier alpha value is -3.21. The summed E-state index contributed by atoms with van der Waals surface area (Å²) in [6.45, 7) is 2.51. The molecule has 32 heavy (non-hydrogen) atoms. The summed E-state index contributed by atoms with van der Waals surface area (Å²) in [6, 6.07) is 12.7. The first-order valence-electron chi connectivity index (χ1n) is 9.80. The minimum atomic E-state index is -0.213. The molecule has 4 aromatic heterocycles. The van der Waals surface area contributed by atoms with Crippen LogP contribution in [0.1, 0.15) is 16.1 Å². The van der Waals surface area contributed by atoms with Gasteiger partial charge in [-0.2, -0.15) is 5.10 Å². The van der Waals surface area contributed by atoms with Crippen molar-refractivity contribution >= 4 is 50.1 Å². The second kappa shape index (κ2) is 8.73. The van der Waals surface area contributed by atoms with Crippen molar-refractivity contribution in [3.8, 4) is 20.5 Å². The molecule has 4 heterocycles. The molecule has 5 aromatic rings. The highest BCUT2D eigenvalue weighted by Gasteiger charge is 2.14. The van der Waals surface area contributed by atoms with Crippen molar-refractivity contribution in [3.63, 3.8) is 0 Å². The molecular formula is C22H17N5O2S3. The molecule has 0 spiro atoms. The van der Waals surface area contributed by atoms with Gasteiger partial charge in [0.1, 0.15) is 10.7 Å². The van der Waals surface area contributed by atoms with E-state index in [-0.39, 0.29) is 24.6 Å². The largest absolute Gasteiger partial charge is 0.350 e. The third-order valence-corrected chi connectivity index (χ3v) is 7.84. The fourth-order valence-electron chi connectivity index (χ4n) is 3.24. The van der Waals surface area contributed by atoms with Crippen molar-refractivity contribution in [2.45, 2.75) is 13.5 Å². The van der Waals surface area contributed by atoms with Crippen LogP contribution in [0.15, 0.2) is 58.1 Å². The molecule has 0 aliphatic rings. The summed E-state index contributed by atoms with van der Waals surface area (Å²) < 4.78 is 2.34. The van der Waals surface area contributed by atoms with E-state index in [1.807, 2.05) is 36.6 Å². The number of carbonyl (C=O) groups excluding carboxylic acids is 1. The molecule has 5 rings (SSSR count). The number of rotatable bonds is 6. The van der Waals surface area contributed by atoms with E-state index in [0.29, 0.717) is 11.3 Å². The number of hydrogen-bond donors (Lipinski definition) is 1. The van der Waals surface area contributed by atoms with Gasteiger partial charge in [0.05, 0.1) is 37.7 Å². The highest BCUT2D eigenvalue weighted by Crippen LogP contribution is 2.35. The number of nitrogens with zero attached hydrogens (tertiary/aromatic N) is 4. The number of carbonyl (C=O) groups is 1. The molecule has 0 fully saturated rings. The molecule has 0 radical (unpaired) electrons. The molecule has 0 aliphatic carbocycles. The lowest BCUT2D eigenvalue weighted by Crippen LogP contribution is -2.31. The molecule has 7 nitrogen and oxygen atoms in total. The summed E-state index contributed by atoms with van der Waals surface area (Å²) in [5.74, 6) is -0.191. The van der Waals surface area contributed by atoms with Crippen molar-refractivity contribution in [2.75, 3.05) is 6.54 Å². The van der Waals surface area contributed by atoms with Gasteiger partial charge in [0.25, 0.3) is 11.5 Å². The molecule has 0 saturated carbocycles. The Kier molecular flexibility index (Phi) is 5.64. The van der Waals surface area contributed by atoms with Crippen LogP contribution in [-0.2, 0) is 6.54 Å². The maximum atomic E-state index is 12.5. The van der Waals surface area contributed by atoms with Gasteiger partial charge in [-0.05, 0) is 42.6 Å². The normalized spacial score (nSPS) is 11.2. The smallest absolute Gasteiger partial charge is 0.266 e. The summed E-state index contributed by atoms with van der Waals surface area (Å²) in [5.41, 5.74) is 4.56. The Morgan fingerprint density at radius 3 is 2.91 bits per heavy atom. The lowest BCUT2D eigenvalue weighted by atomic mass is 10.2. The summed E-state index contributed by atoms with van der Waals surface area (Å²) in [7, 11) is 0. The van der Waals surface area contributed by atoms with Gasteiger partial charge in [-0.15, -0.1) is 34.0 Å². The summed E-state index contributed by atoms with van der Waals surface area (Å²) in [6.07, 6.45) is 0. The highest BCUT2D eigenvalue weighted by molar-refractivity contribution is 7.23. The lowest BCUT2D eigenvalue weighted by molar-refractivity contribution is 0.0952. The van der Waals surface area contributed by atoms with E-state index in [1.165, 1.54) is 22.1 Å². The van der Waals surface area contributed by atoms with Crippen molar-refractivity contribution < 1.29 is 4.79 Å². The van der Waals surface area contributed by atoms with Crippen LogP contribution in [0.3, 0.4) is 0 Å². The Bertz CT molecular complexity index is 1470. The van der Waals surface area contributed by atoms with Crippen LogP contribution in [-0.4, -0.2) is 32.2 Å².